The Balaban J connectivity index is 2.14. The molecule has 1 fully saturated rings. The molecular formula is C12H18N4O3. The van der Waals surface area contributed by atoms with Gasteiger partial charge in [-0.05, 0) is 19.3 Å². The monoisotopic (exact) mass is 266 g/mol. The normalized spacial score (nSPS) is 19.4. The van der Waals surface area contributed by atoms with Crippen LogP contribution in [0.25, 0.3) is 0 Å². The lowest BCUT2D eigenvalue weighted by Crippen LogP contribution is -2.48. The zero-order chi connectivity index (χ0) is 13.8. The topological polar surface area (TPSA) is 101 Å². The Labute approximate surface area is 111 Å². The first kappa shape index (κ1) is 13.5. The van der Waals surface area contributed by atoms with Gasteiger partial charge in [0.25, 0.3) is 5.91 Å². The van der Waals surface area contributed by atoms with E-state index in [1.54, 1.807) is 17.1 Å². The first-order chi connectivity index (χ1) is 9.13. The van der Waals surface area contributed by atoms with Crippen molar-refractivity contribution in [3.63, 3.8) is 0 Å². The maximum atomic E-state index is 12.3. The van der Waals surface area contributed by atoms with E-state index in [0.717, 1.165) is 12.8 Å². The molecule has 1 aromatic rings. The molecule has 1 atom stereocenters. The molecule has 2 rings (SSSR count). The zero-order valence-corrected chi connectivity index (χ0v) is 10.7. The van der Waals surface area contributed by atoms with Crippen molar-refractivity contribution < 1.29 is 14.7 Å². The Morgan fingerprint density at radius 3 is 2.95 bits per heavy atom. The first-order valence-electron chi connectivity index (χ1n) is 6.39. The second kappa shape index (κ2) is 5.83. The summed E-state index contributed by atoms with van der Waals surface area (Å²) in [6, 6.07) is -0.735. The van der Waals surface area contributed by atoms with Crippen LogP contribution in [0.1, 0.15) is 29.8 Å². The summed E-state index contributed by atoms with van der Waals surface area (Å²) in [6.07, 6.45) is 5.33. The van der Waals surface area contributed by atoms with Crippen LogP contribution in [-0.2, 0) is 11.3 Å². The van der Waals surface area contributed by atoms with Crippen LogP contribution in [0.15, 0.2) is 12.5 Å². The Morgan fingerprint density at radius 2 is 2.26 bits per heavy atom. The summed E-state index contributed by atoms with van der Waals surface area (Å²) in [5.74, 6) is -1.27. The predicted octanol–water partition coefficient (Wildman–Crippen LogP) is -0.0789. The van der Waals surface area contributed by atoms with Gasteiger partial charge in [-0.1, -0.05) is 0 Å². The van der Waals surface area contributed by atoms with Crippen molar-refractivity contribution in [1.29, 1.82) is 0 Å². The number of carbonyl (C=O) groups is 2. The minimum absolute atomic E-state index is 0.279. The van der Waals surface area contributed by atoms with Crippen LogP contribution in [0.2, 0.25) is 0 Å². The summed E-state index contributed by atoms with van der Waals surface area (Å²) >= 11 is 0. The van der Waals surface area contributed by atoms with Crippen LogP contribution in [0, 0.1) is 0 Å². The van der Waals surface area contributed by atoms with Gasteiger partial charge >= 0.3 is 5.97 Å². The Kier molecular flexibility index (Phi) is 4.16. The van der Waals surface area contributed by atoms with Crippen molar-refractivity contribution in [2.45, 2.75) is 31.8 Å². The van der Waals surface area contributed by atoms with Crippen molar-refractivity contribution in [2.24, 2.45) is 5.73 Å². The third kappa shape index (κ3) is 2.93. The van der Waals surface area contributed by atoms with Gasteiger partial charge in [0.1, 0.15) is 11.7 Å². The molecule has 1 saturated heterocycles. The molecule has 1 aliphatic heterocycles. The summed E-state index contributed by atoms with van der Waals surface area (Å²) in [5.41, 5.74) is 5.71. The highest BCUT2D eigenvalue weighted by Gasteiger charge is 2.33. The maximum absolute atomic E-state index is 12.3. The molecule has 0 aliphatic carbocycles. The van der Waals surface area contributed by atoms with E-state index in [1.165, 1.54) is 4.90 Å². The number of nitrogens with two attached hydrogens (primary N) is 1. The summed E-state index contributed by atoms with van der Waals surface area (Å²) in [7, 11) is 0. The highest BCUT2D eigenvalue weighted by Crippen LogP contribution is 2.19. The highest BCUT2D eigenvalue weighted by atomic mass is 16.4. The highest BCUT2D eigenvalue weighted by molar-refractivity contribution is 5.95. The lowest BCUT2D eigenvalue weighted by Gasteiger charge is -2.32. The van der Waals surface area contributed by atoms with Crippen molar-refractivity contribution in [3.05, 3.63) is 18.2 Å². The molecule has 0 saturated carbocycles. The number of imidazole rings is 1. The van der Waals surface area contributed by atoms with Gasteiger partial charge in [-0.2, -0.15) is 0 Å². The van der Waals surface area contributed by atoms with Crippen LogP contribution in [0.3, 0.4) is 0 Å². The third-order valence-electron chi connectivity index (χ3n) is 3.29. The number of likely N-dealkylation sites (tertiary alicyclic amines) is 1. The number of carboxylic acid groups (broad SMARTS) is 1. The molecule has 19 heavy (non-hydrogen) atoms. The second-order valence-electron chi connectivity index (χ2n) is 4.63. The van der Waals surface area contributed by atoms with E-state index in [0.29, 0.717) is 26.1 Å². The number of aliphatic carboxylic acids is 1. The summed E-state index contributed by atoms with van der Waals surface area (Å²) in [5, 5.41) is 9.16. The number of aromatic nitrogens is 2. The molecule has 1 amide bonds. The number of carboxylic acids is 1. The third-order valence-corrected chi connectivity index (χ3v) is 3.29. The summed E-state index contributed by atoms with van der Waals surface area (Å²) in [4.78, 5) is 28.9. The van der Waals surface area contributed by atoms with Gasteiger partial charge < -0.3 is 20.3 Å². The van der Waals surface area contributed by atoms with Crippen molar-refractivity contribution in [3.8, 4) is 0 Å². The van der Waals surface area contributed by atoms with E-state index >= 15 is 0 Å². The SMILES string of the molecule is NCCn1cnc(C(=O)N2CCCC[C@@H]2C(=O)O)c1. The smallest absolute Gasteiger partial charge is 0.326 e. The van der Waals surface area contributed by atoms with Gasteiger partial charge in [0.15, 0.2) is 0 Å². The lowest BCUT2D eigenvalue weighted by atomic mass is 10.0. The van der Waals surface area contributed by atoms with Crippen LogP contribution >= 0.6 is 0 Å². The second-order valence-corrected chi connectivity index (χ2v) is 4.63. The molecule has 7 heteroatoms. The molecule has 2 heterocycles. The van der Waals surface area contributed by atoms with E-state index in [4.69, 9.17) is 10.8 Å². The van der Waals surface area contributed by atoms with Crippen LogP contribution in [0.5, 0.6) is 0 Å². The number of carbonyl (C=O) groups excluding carboxylic acids is 1. The fourth-order valence-electron chi connectivity index (χ4n) is 2.32. The fraction of sp³-hybridized carbons (Fsp3) is 0.583. The van der Waals surface area contributed by atoms with Gasteiger partial charge in [-0.3, -0.25) is 4.79 Å². The lowest BCUT2D eigenvalue weighted by molar-refractivity contribution is -0.143. The number of hydrogen-bond donors (Lipinski definition) is 2. The minimum atomic E-state index is -0.950. The number of rotatable bonds is 4. The van der Waals surface area contributed by atoms with Gasteiger partial charge in [-0.25, -0.2) is 9.78 Å². The van der Waals surface area contributed by atoms with Crippen molar-refractivity contribution >= 4 is 11.9 Å². The van der Waals surface area contributed by atoms with E-state index in [9.17, 15) is 9.59 Å². The molecule has 0 spiro atoms. The van der Waals surface area contributed by atoms with Crippen LogP contribution in [0.4, 0.5) is 0 Å². The molecule has 1 aromatic heterocycles. The quantitative estimate of drug-likeness (QED) is 0.793. The van der Waals surface area contributed by atoms with Crippen LogP contribution in [-0.4, -0.2) is 50.6 Å². The largest absolute Gasteiger partial charge is 0.480 e. The molecule has 104 valence electrons. The minimum Gasteiger partial charge on any atom is -0.480 e. The predicted molar refractivity (Wildman–Crippen MR) is 67.6 cm³/mol. The molecule has 3 N–H and O–H groups in total. The molecule has 1 aliphatic rings. The fourth-order valence-corrected chi connectivity index (χ4v) is 2.32. The van der Waals surface area contributed by atoms with Gasteiger partial charge in [-0.15, -0.1) is 0 Å². The summed E-state index contributed by atoms with van der Waals surface area (Å²) < 4.78 is 1.73. The molecule has 7 nitrogen and oxygen atoms in total. The average Bonchev–Trinajstić information content (AvgIpc) is 2.87. The molecule has 0 unspecified atom stereocenters. The number of amides is 1. The Hall–Kier alpha value is -1.89. The van der Waals surface area contributed by atoms with Gasteiger partial charge in [0.05, 0.1) is 6.33 Å². The van der Waals surface area contributed by atoms with Crippen molar-refractivity contribution in [2.75, 3.05) is 13.1 Å². The zero-order valence-electron chi connectivity index (χ0n) is 10.7. The number of nitrogens with zero attached hydrogens (tertiary/aromatic N) is 3. The number of piperidine rings is 1. The van der Waals surface area contributed by atoms with E-state index in [1.807, 2.05) is 0 Å². The van der Waals surface area contributed by atoms with Gasteiger partial charge in [0, 0.05) is 25.8 Å². The van der Waals surface area contributed by atoms with E-state index in [2.05, 4.69) is 4.98 Å². The van der Waals surface area contributed by atoms with E-state index < -0.39 is 12.0 Å². The molecule has 0 bridgehead atoms. The van der Waals surface area contributed by atoms with Crippen molar-refractivity contribution in [1.82, 2.24) is 14.5 Å². The molecular weight excluding hydrogens is 248 g/mol. The summed E-state index contributed by atoms with van der Waals surface area (Å²) in [6.45, 7) is 1.52. The molecule has 0 radical (unpaired) electrons. The molecule has 0 aromatic carbocycles. The standard InChI is InChI=1S/C12H18N4O3/c13-4-6-15-7-9(14-8-15)11(17)16-5-2-1-3-10(16)12(18)19/h7-8,10H,1-6,13H2,(H,18,19)/t10-/m1/s1. The Bertz CT molecular complexity index is 471. The number of hydrogen-bond acceptors (Lipinski definition) is 4. The Morgan fingerprint density at radius 1 is 1.47 bits per heavy atom. The van der Waals surface area contributed by atoms with E-state index in [-0.39, 0.29) is 11.6 Å². The average molecular weight is 266 g/mol. The van der Waals surface area contributed by atoms with Gasteiger partial charge in [0.2, 0.25) is 0 Å². The maximum Gasteiger partial charge on any atom is 0.326 e. The van der Waals surface area contributed by atoms with Crippen LogP contribution < -0.4 is 5.73 Å². The first-order valence-corrected chi connectivity index (χ1v) is 6.39.